The summed E-state index contributed by atoms with van der Waals surface area (Å²) in [4.78, 5) is 0. The molecule has 0 spiro atoms. The summed E-state index contributed by atoms with van der Waals surface area (Å²) in [6.07, 6.45) is 3.30. The SMILES string of the molecule is CC(C)C1CC(N)C2=CCNN21. The van der Waals surface area contributed by atoms with E-state index in [2.05, 4.69) is 30.4 Å². The van der Waals surface area contributed by atoms with Gasteiger partial charge in [0.2, 0.25) is 0 Å². The molecule has 3 heteroatoms. The van der Waals surface area contributed by atoms with E-state index in [0.29, 0.717) is 12.0 Å². The molecule has 68 valence electrons. The van der Waals surface area contributed by atoms with Crippen LogP contribution in [-0.2, 0) is 0 Å². The van der Waals surface area contributed by atoms with Crippen LogP contribution in [0.4, 0.5) is 0 Å². The van der Waals surface area contributed by atoms with E-state index in [4.69, 9.17) is 5.73 Å². The molecule has 0 amide bonds. The Labute approximate surface area is 73.6 Å². The minimum absolute atomic E-state index is 0.257. The molecule has 0 saturated carbocycles. The van der Waals surface area contributed by atoms with Crippen LogP contribution in [0.1, 0.15) is 20.3 Å². The van der Waals surface area contributed by atoms with Crippen molar-refractivity contribution in [3.05, 3.63) is 11.8 Å². The second kappa shape index (κ2) is 2.75. The zero-order chi connectivity index (χ0) is 8.72. The maximum Gasteiger partial charge on any atom is 0.0493 e. The third-order valence-electron chi connectivity index (χ3n) is 2.83. The summed E-state index contributed by atoms with van der Waals surface area (Å²) >= 11 is 0. The summed E-state index contributed by atoms with van der Waals surface area (Å²) in [5.74, 6) is 0.674. The van der Waals surface area contributed by atoms with E-state index in [1.807, 2.05) is 0 Å². The fourth-order valence-electron chi connectivity index (χ4n) is 2.13. The molecular formula is C9H17N3. The molecule has 0 aromatic heterocycles. The summed E-state index contributed by atoms with van der Waals surface area (Å²) < 4.78 is 0. The lowest BCUT2D eigenvalue weighted by atomic mass is 10.0. The molecule has 2 unspecified atom stereocenters. The molecule has 3 nitrogen and oxygen atoms in total. The van der Waals surface area contributed by atoms with Gasteiger partial charge >= 0.3 is 0 Å². The number of hydrogen-bond acceptors (Lipinski definition) is 3. The molecule has 2 aliphatic heterocycles. The number of rotatable bonds is 1. The predicted molar refractivity (Wildman–Crippen MR) is 49.1 cm³/mol. The third-order valence-corrected chi connectivity index (χ3v) is 2.83. The second-order valence-corrected chi connectivity index (χ2v) is 4.01. The first-order chi connectivity index (χ1) is 5.70. The Bertz CT molecular complexity index is 210. The zero-order valence-electron chi connectivity index (χ0n) is 7.75. The first-order valence-electron chi connectivity index (χ1n) is 4.68. The van der Waals surface area contributed by atoms with E-state index in [-0.39, 0.29) is 6.04 Å². The molecule has 2 aliphatic rings. The second-order valence-electron chi connectivity index (χ2n) is 4.01. The van der Waals surface area contributed by atoms with E-state index in [1.54, 1.807) is 0 Å². The normalized spacial score (nSPS) is 34.3. The molecular weight excluding hydrogens is 150 g/mol. The Hall–Kier alpha value is -0.540. The number of fused-ring (bicyclic) bond motifs is 1. The lowest BCUT2D eigenvalue weighted by Crippen LogP contribution is -2.39. The molecule has 0 aliphatic carbocycles. The van der Waals surface area contributed by atoms with Crippen LogP contribution >= 0.6 is 0 Å². The van der Waals surface area contributed by atoms with Crippen LogP contribution in [0.25, 0.3) is 0 Å². The number of nitrogens with zero attached hydrogens (tertiary/aromatic N) is 1. The number of nitrogens with two attached hydrogens (primary N) is 1. The highest BCUT2D eigenvalue weighted by atomic mass is 15.6. The van der Waals surface area contributed by atoms with Gasteiger partial charge in [0.15, 0.2) is 0 Å². The summed E-state index contributed by atoms with van der Waals surface area (Å²) in [6.45, 7) is 5.45. The van der Waals surface area contributed by atoms with Gasteiger partial charge in [-0.25, -0.2) is 5.43 Å². The van der Waals surface area contributed by atoms with Crippen molar-refractivity contribution in [1.82, 2.24) is 10.4 Å². The average molecular weight is 167 g/mol. The maximum atomic E-state index is 6.00. The van der Waals surface area contributed by atoms with E-state index in [1.165, 1.54) is 5.70 Å². The molecule has 0 aromatic rings. The van der Waals surface area contributed by atoms with Crippen molar-refractivity contribution in [2.45, 2.75) is 32.4 Å². The Kier molecular flexibility index (Phi) is 1.85. The first kappa shape index (κ1) is 8.08. The van der Waals surface area contributed by atoms with Crippen LogP contribution in [0.15, 0.2) is 11.8 Å². The van der Waals surface area contributed by atoms with E-state index < -0.39 is 0 Å². The van der Waals surface area contributed by atoms with Crippen LogP contribution in [0.5, 0.6) is 0 Å². The van der Waals surface area contributed by atoms with Gasteiger partial charge in [0.1, 0.15) is 0 Å². The molecule has 12 heavy (non-hydrogen) atoms. The van der Waals surface area contributed by atoms with Crippen molar-refractivity contribution in [3.63, 3.8) is 0 Å². The Morgan fingerprint density at radius 2 is 2.42 bits per heavy atom. The topological polar surface area (TPSA) is 41.3 Å². The van der Waals surface area contributed by atoms with Crippen molar-refractivity contribution in [2.24, 2.45) is 11.7 Å². The fraction of sp³-hybridized carbons (Fsp3) is 0.778. The molecule has 1 saturated heterocycles. The molecule has 0 bridgehead atoms. The zero-order valence-corrected chi connectivity index (χ0v) is 7.75. The predicted octanol–water partition coefficient (Wildman–Crippen LogP) is 0.446. The Morgan fingerprint density at radius 1 is 1.67 bits per heavy atom. The van der Waals surface area contributed by atoms with Gasteiger partial charge in [-0.1, -0.05) is 13.8 Å². The monoisotopic (exact) mass is 167 g/mol. The first-order valence-corrected chi connectivity index (χ1v) is 4.68. The van der Waals surface area contributed by atoms with Crippen molar-refractivity contribution in [1.29, 1.82) is 0 Å². The Morgan fingerprint density at radius 3 is 3.08 bits per heavy atom. The molecule has 2 atom stereocenters. The van der Waals surface area contributed by atoms with Gasteiger partial charge in [0.05, 0.1) is 0 Å². The van der Waals surface area contributed by atoms with E-state index in [0.717, 1.165) is 13.0 Å². The summed E-state index contributed by atoms with van der Waals surface area (Å²) in [5, 5.41) is 2.26. The van der Waals surface area contributed by atoms with Gasteiger partial charge in [-0.05, 0) is 18.4 Å². The van der Waals surface area contributed by atoms with Gasteiger partial charge in [0.25, 0.3) is 0 Å². The maximum absolute atomic E-state index is 6.00. The number of hydrogen-bond donors (Lipinski definition) is 2. The van der Waals surface area contributed by atoms with E-state index >= 15 is 0 Å². The summed E-state index contributed by atoms with van der Waals surface area (Å²) in [7, 11) is 0. The van der Waals surface area contributed by atoms with Gasteiger partial charge in [0, 0.05) is 24.3 Å². The van der Waals surface area contributed by atoms with Crippen LogP contribution in [-0.4, -0.2) is 23.6 Å². The van der Waals surface area contributed by atoms with Crippen molar-refractivity contribution >= 4 is 0 Å². The smallest absolute Gasteiger partial charge is 0.0493 e. The molecule has 2 rings (SSSR count). The highest BCUT2D eigenvalue weighted by Gasteiger charge is 2.37. The molecule has 0 aromatic carbocycles. The third kappa shape index (κ3) is 1.04. The van der Waals surface area contributed by atoms with Crippen LogP contribution in [0, 0.1) is 5.92 Å². The standard InChI is InChI=1S/C9H17N3/c1-6(2)9-5-7(10)8-3-4-11-12(8)9/h3,6-7,9,11H,4-5,10H2,1-2H3. The van der Waals surface area contributed by atoms with Crippen LogP contribution in [0.3, 0.4) is 0 Å². The van der Waals surface area contributed by atoms with Gasteiger partial charge in [-0.3, -0.25) is 0 Å². The minimum Gasteiger partial charge on any atom is -0.323 e. The summed E-state index contributed by atoms with van der Waals surface area (Å²) in [6, 6.07) is 0.848. The molecule has 3 N–H and O–H groups in total. The highest BCUT2D eigenvalue weighted by molar-refractivity contribution is 5.20. The average Bonchev–Trinajstić information content (AvgIpc) is 2.53. The quantitative estimate of drug-likeness (QED) is 0.595. The van der Waals surface area contributed by atoms with Gasteiger partial charge in [-0.15, -0.1) is 0 Å². The van der Waals surface area contributed by atoms with Gasteiger partial charge in [-0.2, -0.15) is 0 Å². The van der Waals surface area contributed by atoms with E-state index in [9.17, 15) is 0 Å². The number of hydrazine groups is 1. The molecule has 0 radical (unpaired) electrons. The Balaban J connectivity index is 2.17. The highest BCUT2D eigenvalue weighted by Crippen LogP contribution is 2.30. The van der Waals surface area contributed by atoms with Crippen LogP contribution in [0.2, 0.25) is 0 Å². The van der Waals surface area contributed by atoms with Gasteiger partial charge < -0.3 is 10.7 Å². The molecule has 1 fully saturated rings. The largest absolute Gasteiger partial charge is 0.323 e. The summed E-state index contributed by atoms with van der Waals surface area (Å²) in [5.41, 5.74) is 10.6. The lowest BCUT2D eigenvalue weighted by molar-refractivity contribution is 0.190. The fourth-order valence-corrected chi connectivity index (χ4v) is 2.13. The number of nitrogens with one attached hydrogen (secondary N) is 1. The minimum atomic E-state index is 0.257. The van der Waals surface area contributed by atoms with Crippen molar-refractivity contribution < 1.29 is 0 Å². The van der Waals surface area contributed by atoms with Crippen molar-refractivity contribution in [3.8, 4) is 0 Å². The molecule has 2 heterocycles. The van der Waals surface area contributed by atoms with Crippen LogP contribution < -0.4 is 11.2 Å². The van der Waals surface area contributed by atoms with Crippen molar-refractivity contribution in [2.75, 3.05) is 6.54 Å². The lowest BCUT2D eigenvalue weighted by Gasteiger charge is -2.26.